The van der Waals surface area contributed by atoms with Crippen LogP contribution in [0.3, 0.4) is 0 Å². The molecule has 130 valence electrons. The third kappa shape index (κ3) is 4.29. The van der Waals surface area contributed by atoms with E-state index >= 15 is 0 Å². The van der Waals surface area contributed by atoms with Gasteiger partial charge in [-0.2, -0.15) is 0 Å². The molecule has 2 fully saturated rings. The molecule has 1 aromatic heterocycles. The van der Waals surface area contributed by atoms with Gasteiger partial charge < -0.3 is 18.9 Å². The third-order valence-electron chi connectivity index (χ3n) is 4.95. The van der Waals surface area contributed by atoms with Crippen LogP contribution in [0.15, 0.2) is 0 Å². The molecule has 0 spiro atoms. The molecule has 0 aromatic carbocycles. The molecule has 0 saturated carbocycles. The van der Waals surface area contributed by atoms with Crippen molar-refractivity contribution in [3.8, 4) is 0 Å². The van der Waals surface area contributed by atoms with Crippen LogP contribution < -0.4 is 0 Å². The second-order valence-corrected chi connectivity index (χ2v) is 6.55. The zero-order chi connectivity index (χ0) is 16.1. The van der Waals surface area contributed by atoms with Gasteiger partial charge in [-0.05, 0) is 19.4 Å². The van der Waals surface area contributed by atoms with Crippen LogP contribution in [0.5, 0.6) is 0 Å². The molecule has 0 bridgehead atoms. The number of likely N-dealkylation sites (tertiary alicyclic amines) is 1. The van der Waals surface area contributed by atoms with Crippen LogP contribution in [0.4, 0.5) is 0 Å². The average Bonchev–Trinajstić information content (AvgIpc) is 2.95. The van der Waals surface area contributed by atoms with Gasteiger partial charge in [0.25, 0.3) is 0 Å². The van der Waals surface area contributed by atoms with Gasteiger partial charge in [0.1, 0.15) is 11.6 Å². The Labute approximate surface area is 138 Å². The summed E-state index contributed by atoms with van der Waals surface area (Å²) in [5.41, 5.74) is 0. The van der Waals surface area contributed by atoms with Gasteiger partial charge in [-0.25, -0.2) is 0 Å². The second kappa shape index (κ2) is 8.19. The highest BCUT2D eigenvalue weighted by Gasteiger charge is 2.26. The van der Waals surface area contributed by atoms with Gasteiger partial charge in [-0.15, -0.1) is 10.2 Å². The van der Waals surface area contributed by atoms with Crippen LogP contribution in [-0.2, 0) is 23.1 Å². The van der Waals surface area contributed by atoms with Gasteiger partial charge in [0.05, 0.1) is 26.4 Å². The second-order valence-electron chi connectivity index (χ2n) is 6.55. The van der Waals surface area contributed by atoms with Crippen molar-refractivity contribution in [2.75, 3.05) is 59.7 Å². The number of nitrogens with zero attached hydrogens (tertiary/aromatic N) is 5. The van der Waals surface area contributed by atoms with Crippen molar-refractivity contribution in [3.05, 3.63) is 11.6 Å². The third-order valence-corrected chi connectivity index (χ3v) is 4.95. The van der Waals surface area contributed by atoms with E-state index in [1.807, 2.05) is 0 Å². The Morgan fingerprint density at radius 2 is 2.00 bits per heavy atom. The Morgan fingerprint density at radius 1 is 1.17 bits per heavy atom. The van der Waals surface area contributed by atoms with Gasteiger partial charge in [0.2, 0.25) is 0 Å². The van der Waals surface area contributed by atoms with E-state index in [2.05, 4.69) is 31.6 Å². The van der Waals surface area contributed by atoms with Crippen molar-refractivity contribution in [1.29, 1.82) is 0 Å². The molecular weight excluding hydrogens is 294 g/mol. The molecule has 0 unspecified atom stereocenters. The van der Waals surface area contributed by atoms with E-state index in [0.29, 0.717) is 5.92 Å². The summed E-state index contributed by atoms with van der Waals surface area (Å²) in [5, 5.41) is 8.98. The summed E-state index contributed by atoms with van der Waals surface area (Å²) in [6.45, 7) is 8.51. The highest BCUT2D eigenvalue weighted by atomic mass is 16.5. The van der Waals surface area contributed by atoms with E-state index in [1.54, 1.807) is 7.11 Å². The summed E-state index contributed by atoms with van der Waals surface area (Å²) >= 11 is 0. The minimum absolute atomic E-state index is 0.483. The fraction of sp³-hybridized carbons (Fsp3) is 0.875. The van der Waals surface area contributed by atoms with Crippen molar-refractivity contribution in [2.24, 2.45) is 7.05 Å². The molecule has 2 aliphatic rings. The van der Waals surface area contributed by atoms with Crippen LogP contribution in [0, 0.1) is 0 Å². The van der Waals surface area contributed by atoms with Crippen LogP contribution in [0.2, 0.25) is 0 Å². The van der Waals surface area contributed by atoms with Gasteiger partial charge in [0, 0.05) is 46.3 Å². The lowest BCUT2D eigenvalue weighted by Gasteiger charge is -2.32. The minimum Gasteiger partial charge on any atom is -0.383 e. The molecule has 2 saturated heterocycles. The highest BCUT2D eigenvalue weighted by molar-refractivity contribution is 5.04. The van der Waals surface area contributed by atoms with E-state index in [1.165, 1.54) is 19.4 Å². The maximum absolute atomic E-state index is 5.41. The monoisotopic (exact) mass is 323 g/mol. The molecule has 0 aliphatic carbocycles. The molecule has 7 heteroatoms. The summed E-state index contributed by atoms with van der Waals surface area (Å²) < 4.78 is 12.8. The number of ether oxygens (including phenoxy) is 2. The zero-order valence-electron chi connectivity index (χ0n) is 14.4. The number of morpholine rings is 1. The Balaban J connectivity index is 1.61. The molecule has 3 heterocycles. The van der Waals surface area contributed by atoms with Gasteiger partial charge in [0.15, 0.2) is 0 Å². The number of methoxy groups -OCH3 is 1. The smallest absolute Gasteiger partial charge is 0.146 e. The molecular formula is C16H29N5O2. The predicted molar refractivity (Wildman–Crippen MR) is 87.4 cm³/mol. The summed E-state index contributed by atoms with van der Waals surface area (Å²) in [6, 6.07) is 0. The fourth-order valence-electron chi connectivity index (χ4n) is 3.52. The fourth-order valence-corrected chi connectivity index (χ4v) is 3.52. The number of rotatable bonds is 6. The average molecular weight is 323 g/mol. The van der Waals surface area contributed by atoms with Crippen molar-refractivity contribution >= 4 is 0 Å². The van der Waals surface area contributed by atoms with E-state index < -0.39 is 0 Å². The van der Waals surface area contributed by atoms with Crippen molar-refractivity contribution in [3.63, 3.8) is 0 Å². The Bertz CT molecular complexity index is 487. The predicted octanol–water partition coefficient (Wildman–Crippen LogP) is 0.473. The zero-order valence-corrected chi connectivity index (χ0v) is 14.4. The van der Waals surface area contributed by atoms with E-state index in [-0.39, 0.29) is 0 Å². The lowest BCUT2D eigenvalue weighted by atomic mass is 9.97. The number of piperidine rings is 1. The van der Waals surface area contributed by atoms with Gasteiger partial charge in [-0.3, -0.25) is 4.90 Å². The summed E-state index contributed by atoms with van der Waals surface area (Å²) in [5.74, 6) is 2.68. The van der Waals surface area contributed by atoms with Crippen LogP contribution in [0.25, 0.3) is 0 Å². The summed E-state index contributed by atoms with van der Waals surface area (Å²) in [4.78, 5) is 4.87. The van der Waals surface area contributed by atoms with Gasteiger partial charge >= 0.3 is 0 Å². The Hall–Kier alpha value is -1.02. The quantitative estimate of drug-likeness (QED) is 0.759. The molecule has 3 rings (SSSR count). The SMILES string of the molecule is COCCN1CCC[C@@H](c2nnc(CN3CCOCC3)n2C)C1. The van der Waals surface area contributed by atoms with Crippen LogP contribution in [-0.4, -0.2) is 84.2 Å². The van der Waals surface area contributed by atoms with Crippen LogP contribution >= 0.6 is 0 Å². The van der Waals surface area contributed by atoms with Gasteiger partial charge in [-0.1, -0.05) is 0 Å². The molecule has 0 N–H and O–H groups in total. The summed E-state index contributed by atoms with van der Waals surface area (Å²) in [7, 11) is 3.88. The largest absolute Gasteiger partial charge is 0.383 e. The first-order valence-corrected chi connectivity index (χ1v) is 8.67. The minimum atomic E-state index is 0.483. The first-order chi connectivity index (χ1) is 11.3. The number of hydrogen-bond acceptors (Lipinski definition) is 6. The number of hydrogen-bond donors (Lipinski definition) is 0. The lowest BCUT2D eigenvalue weighted by molar-refractivity contribution is 0.0326. The topological polar surface area (TPSA) is 55.6 Å². The molecule has 23 heavy (non-hydrogen) atoms. The highest BCUT2D eigenvalue weighted by Crippen LogP contribution is 2.25. The molecule has 1 aromatic rings. The molecule has 0 radical (unpaired) electrons. The van der Waals surface area contributed by atoms with Crippen molar-refractivity contribution in [2.45, 2.75) is 25.3 Å². The Kier molecular flexibility index (Phi) is 5.99. The first kappa shape index (κ1) is 16.8. The lowest BCUT2D eigenvalue weighted by Crippen LogP contribution is -2.37. The van der Waals surface area contributed by atoms with E-state index in [0.717, 1.165) is 64.2 Å². The maximum atomic E-state index is 5.41. The van der Waals surface area contributed by atoms with E-state index in [4.69, 9.17) is 9.47 Å². The normalized spacial score (nSPS) is 24.2. The molecule has 7 nitrogen and oxygen atoms in total. The summed E-state index contributed by atoms with van der Waals surface area (Å²) in [6.07, 6.45) is 2.42. The van der Waals surface area contributed by atoms with Crippen molar-refractivity contribution < 1.29 is 9.47 Å². The molecule has 2 aliphatic heterocycles. The molecule has 0 amide bonds. The van der Waals surface area contributed by atoms with Crippen molar-refractivity contribution in [1.82, 2.24) is 24.6 Å². The Morgan fingerprint density at radius 3 is 2.78 bits per heavy atom. The first-order valence-electron chi connectivity index (χ1n) is 8.67. The number of aromatic nitrogens is 3. The standard InChI is InChI=1S/C16H29N5O2/c1-19-15(13-21-7-10-23-11-8-21)17-18-16(19)14-4-3-5-20(12-14)6-9-22-2/h14H,3-13H2,1-2H3/t14-/m1/s1. The molecule has 1 atom stereocenters. The van der Waals surface area contributed by atoms with Crippen LogP contribution in [0.1, 0.15) is 30.4 Å². The van der Waals surface area contributed by atoms with E-state index in [9.17, 15) is 0 Å². The maximum Gasteiger partial charge on any atom is 0.146 e.